The number of anilines is 1. The molecule has 20 heavy (non-hydrogen) atoms. The number of piperazine rings is 1. The third kappa shape index (κ3) is 3.14. The van der Waals surface area contributed by atoms with Crippen LogP contribution in [0.15, 0.2) is 24.3 Å². The second kappa shape index (κ2) is 5.73. The van der Waals surface area contributed by atoms with E-state index in [9.17, 15) is 14.4 Å². The molecule has 1 aliphatic heterocycles. The van der Waals surface area contributed by atoms with Crippen molar-refractivity contribution >= 4 is 23.5 Å². The number of carbonyl (C=O) groups is 3. The lowest BCUT2D eigenvalue weighted by Gasteiger charge is -2.26. The molecule has 2 N–H and O–H groups in total. The molecule has 0 aromatic heterocycles. The van der Waals surface area contributed by atoms with E-state index in [0.717, 1.165) is 5.56 Å². The van der Waals surface area contributed by atoms with Crippen LogP contribution in [0.1, 0.15) is 12.5 Å². The number of nitrogens with zero attached hydrogens (tertiary/aromatic N) is 1. The van der Waals surface area contributed by atoms with Crippen molar-refractivity contribution in [1.82, 2.24) is 5.32 Å². The number of rotatable bonds is 4. The van der Waals surface area contributed by atoms with Gasteiger partial charge in [-0.05, 0) is 24.1 Å². The lowest BCUT2D eigenvalue weighted by atomic mass is 10.0. The minimum Gasteiger partial charge on any atom is -0.481 e. The van der Waals surface area contributed by atoms with Crippen molar-refractivity contribution in [2.24, 2.45) is 5.92 Å². The van der Waals surface area contributed by atoms with Crippen molar-refractivity contribution in [1.29, 1.82) is 0 Å². The number of amides is 2. The van der Waals surface area contributed by atoms with E-state index in [2.05, 4.69) is 5.32 Å². The maximum absolute atomic E-state index is 11.7. The molecule has 0 bridgehead atoms. The van der Waals surface area contributed by atoms with Gasteiger partial charge < -0.3 is 15.3 Å². The molecule has 0 saturated carbocycles. The molecule has 0 radical (unpaired) electrons. The highest BCUT2D eigenvalue weighted by atomic mass is 16.4. The van der Waals surface area contributed by atoms with E-state index < -0.39 is 11.9 Å². The summed E-state index contributed by atoms with van der Waals surface area (Å²) in [6, 6.07) is 7.05. The van der Waals surface area contributed by atoms with Crippen molar-refractivity contribution in [3.8, 4) is 0 Å². The molecule has 1 unspecified atom stereocenters. The second-order valence-corrected chi connectivity index (χ2v) is 4.87. The van der Waals surface area contributed by atoms with Crippen molar-refractivity contribution in [2.45, 2.75) is 13.3 Å². The summed E-state index contributed by atoms with van der Waals surface area (Å²) in [5.74, 6) is -1.63. The number of carboxylic acid groups (broad SMARTS) is 1. The van der Waals surface area contributed by atoms with Crippen molar-refractivity contribution in [3.05, 3.63) is 29.8 Å². The molecule has 1 atom stereocenters. The lowest BCUT2D eigenvalue weighted by Crippen LogP contribution is -2.51. The first kappa shape index (κ1) is 14.0. The van der Waals surface area contributed by atoms with Gasteiger partial charge in [0.2, 0.25) is 11.8 Å². The standard InChI is InChI=1S/C14H16N2O4/c1-9(14(19)20)6-10-2-4-11(5-3-10)16-8-12(17)15-7-13(16)18/h2-5,9H,6-8H2,1H3,(H,15,17)(H,19,20). The maximum Gasteiger partial charge on any atom is 0.306 e. The molecule has 106 valence electrons. The fraction of sp³-hybridized carbons (Fsp3) is 0.357. The summed E-state index contributed by atoms with van der Waals surface area (Å²) in [5.41, 5.74) is 1.54. The molecule has 0 spiro atoms. The van der Waals surface area contributed by atoms with Crippen molar-refractivity contribution in [3.63, 3.8) is 0 Å². The maximum atomic E-state index is 11.7. The van der Waals surface area contributed by atoms with Crippen LogP contribution in [0.5, 0.6) is 0 Å². The van der Waals surface area contributed by atoms with Gasteiger partial charge in [-0.2, -0.15) is 0 Å². The predicted molar refractivity (Wildman–Crippen MR) is 72.3 cm³/mol. The van der Waals surface area contributed by atoms with Gasteiger partial charge in [0, 0.05) is 5.69 Å². The first-order valence-electron chi connectivity index (χ1n) is 6.36. The van der Waals surface area contributed by atoms with Gasteiger partial charge in [-0.15, -0.1) is 0 Å². The third-order valence-corrected chi connectivity index (χ3v) is 3.25. The summed E-state index contributed by atoms with van der Waals surface area (Å²) >= 11 is 0. The summed E-state index contributed by atoms with van der Waals surface area (Å²) in [6.45, 7) is 1.68. The average Bonchev–Trinajstić information content (AvgIpc) is 2.42. The Bertz CT molecular complexity index is 539. The molecule has 2 amide bonds. The van der Waals surface area contributed by atoms with E-state index in [4.69, 9.17) is 5.11 Å². The quantitative estimate of drug-likeness (QED) is 0.834. The number of carbonyl (C=O) groups excluding carboxylic acids is 2. The number of nitrogens with one attached hydrogen (secondary N) is 1. The smallest absolute Gasteiger partial charge is 0.306 e. The molecule has 0 aliphatic carbocycles. The van der Waals surface area contributed by atoms with Gasteiger partial charge in [0.1, 0.15) is 6.54 Å². The normalized spacial score (nSPS) is 16.8. The predicted octanol–water partition coefficient (Wildman–Crippen LogP) is 0.413. The van der Waals surface area contributed by atoms with Crippen LogP contribution in [-0.4, -0.2) is 36.0 Å². The molecule has 1 saturated heterocycles. The van der Waals surface area contributed by atoms with Gasteiger partial charge in [-0.25, -0.2) is 0 Å². The molecule has 1 fully saturated rings. The SMILES string of the molecule is CC(Cc1ccc(N2CC(=O)NCC2=O)cc1)C(=O)O. The van der Waals surface area contributed by atoms with Crippen LogP contribution in [0.25, 0.3) is 0 Å². The molecule has 1 aromatic carbocycles. The summed E-state index contributed by atoms with van der Waals surface area (Å²) in [5, 5.41) is 11.4. The summed E-state index contributed by atoms with van der Waals surface area (Å²) in [6.07, 6.45) is 0.435. The number of hydrogen-bond donors (Lipinski definition) is 2. The lowest BCUT2D eigenvalue weighted by molar-refractivity contribution is -0.141. The van der Waals surface area contributed by atoms with Gasteiger partial charge in [0.05, 0.1) is 12.5 Å². The van der Waals surface area contributed by atoms with E-state index in [-0.39, 0.29) is 24.9 Å². The Labute approximate surface area is 116 Å². The van der Waals surface area contributed by atoms with Crippen LogP contribution in [-0.2, 0) is 20.8 Å². The Morgan fingerprint density at radius 1 is 1.35 bits per heavy atom. The van der Waals surface area contributed by atoms with E-state index >= 15 is 0 Å². The topological polar surface area (TPSA) is 86.7 Å². The fourth-order valence-electron chi connectivity index (χ4n) is 2.05. The third-order valence-electron chi connectivity index (χ3n) is 3.25. The number of carboxylic acids is 1. The number of benzene rings is 1. The molecule has 1 heterocycles. The van der Waals surface area contributed by atoms with Gasteiger partial charge in [-0.1, -0.05) is 19.1 Å². The summed E-state index contributed by atoms with van der Waals surface area (Å²) in [7, 11) is 0. The van der Waals surface area contributed by atoms with Crippen LogP contribution in [0, 0.1) is 5.92 Å². The Balaban J connectivity index is 2.09. The highest BCUT2D eigenvalue weighted by Gasteiger charge is 2.24. The fourth-order valence-corrected chi connectivity index (χ4v) is 2.05. The van der Waals surface area contributed by atoms with Gasteiger partial charge in [-0.3, -0.25) is 14.4 Å². The van der Waals surface area contributed by atoms with Gasteiger partial charge in [0.15, 0.2) is 0 Å². The largest absolute Gasteiger partial charge is 0.481 e. The van der Waals surface area contributed by atoms with Crippen LogP contribution < -0.4 is 10.2 Å². The van der Waals surface area contributed by atoms with Crippen molar-refractivity contribution in [2.75, 3.05) is 18.0 Å². The highest BCUT2D eigenvalue weighted by molar-refractivity contribution is 6.04. The molecule has 1 aromatic rings. The van der Waals surface area contributed by atoms with E-state index in [1.807, 2.05) is 0 Å². The number of aliphatic carboxylic acids is 1. The van der Waals surface area contributed by atoms with Crippen LogP contribution in [0.2, 0.25) is 0 Å². The van der Waals surface area contributed by atoms with Crippen LogP contribution in [0.3, 0.4) is 0 Å². The molecule has 6 heteroatoms. The minimum absolute atomic E-state index is 0.0105. The Morgan fingerprint density at radius 2 is 2.00 bits per heavy atom. The first-order valence-corrected chi connectivity index (χ1v) is 6.36. The summed E-state index contributed by atoms with van der Waals surface area (Å²) < 4.78 is 0. The molecule has 1 aliphatic rings. The van der Waals surface area contributed by atoms with Gasteiger partial charge in [0.25, 0.3) is 0 Å². The minimum atomic E-state index is -0.836. The Morgan fingerprint density at radius 3 is 2.60 bits per heavy atom. The zero-order chi connectivity index (χ0) is 14.7. The van der Waals surface area contributed by atoms with Gasteiger partial charge >= 0.3 is 5.97 Å². The first-order chi connectivity index (χ1) is 9.47. The van der Waals surface area contributed by atoms with Crippen LogP contribution >= 0.6 is 0 Å². The molecular formula is C14H16N2O4. The molecule has 6 nitrogen and oxygen atoms in total. The Hall–Kier alpha value is -2.37. The van der Waals surface area contributed by atoms with E-state index in [0.29, 0.717) is 12.1 Å². The molecular weight excluding hydrogens is 260 g/mol. The average molecular weight is 276 g/mol. The second-order valence-electron chi connectivity index (χ2n) is 4.87. The number of hydrogen-bond acceptors (Lipinski definition) is 3. The molecule has 2 rings (SSSR count). The zero-order valence-corrected chi connectivity index (χ0v) is 11.1. The summed E-state index contributed by atoms with van der Waals surface area (Å²) in [4.78, 5) is 35.3. The monoisotopic (exact) mass is 276 g/mol. The Kier molecular flexibility index (Phi) is 4.02. The van der Waals surface area contributed by atoms with Crippen LogP contribution in [0.4, 0.5) is 5.69 Å². The van der Waals surface area contributed by atoms with E-state index in [1.54, 1.807) is 31.2 Å². The van der Waals surface area contributed by atoms with E-state index in [1.165, 1.54) is 4.90 Å². The zero-order valence-electron chi connectivity index (χ0n) is 11.1. The van der Waals surface area contributed by atoms with Crippen molar-refractivity contribution < 1.29 is 19.5 Å². The highest BCUT2D eigenvalue weighted by Crippen LogP contribution is 2.18.